The number of nitrogens with one attached hydrogen (secondary N) is 2. The summed E-state index contributed by atoms with van der Waals surface area (Å²) in [7, 11) is 0. The molecule has 2 aromatic rings. The van der Waals surface area contributed by atoms with Crippen LogP contribution in [0.15, 0.2) is 41.8 Å². The zero-order chi connectivity index (χ0) is 13.9. The molecule has 1 amide bonds. The Morgan fingerprint density at radius 2 is 2.10 bits per heavy atom. The summed E-state index contributed by atoms with van der Waals surface area (Å²) < 4.78 is 0. The summed E-state index contributed by atoms with van der Waals surface area (Å²) in [6.45, 7) is 2.79. The Kier molecular flexibility index (Phi) is 3.85. The molecule has 3 rings (SSSR count). The van der Waals surface area contributed by atoms with E-state index in [1.807, 2.05) is 30.5 Å². The zero-order valence-corrected chi connectivity index (χ0v) is 12.2. The Morgan fingerprint density at radius 3 is 2.85 bits per heavy atom. The molecule has 4 heteroatoms. The number of fused-ring (bicyclic) bond motifs is 1. The summed E-state index contributed by atoms with van der Waals surface area (Å²) in [6, 6.07) is 12.3. The van der Waals surface area contributed by atoms with E-state index in [0.717, 1.165) is 13.0 Å². The van der Waals surface area contributed by atoms with Gasteiger partial charge in [0, 0.05) is 11.4 Å². The molecule has 1 aromatic heterocycles. The second-order valence-corrected chi connectivity index (χ2v) is 6.13. The lowest BCUT2D eigenvalue weighted by Crippen LogP contribution is -2.48. The van der Waals surface area contributed by atoms with E-state index in [-0.39, 0.29) is 18.0 Å². The van der Waals surface area contributed by atoms with Gasteiger partial charge in [-0.05, 0) is 35.9 Å². The summed E-state index contributed by atoms with van der Waals surface area (Å²) >= 11 is 1.67. The first-order valence-corrected chi connectivity index (χ1v) is 7.76. The third kappa shape index (κ3) is 2.76. The van der Waals surface area contributed by atoms with Gasteiger partial charge < -0.3 is 10.6 Å². The van der Waals surface area contributed by atoms with E-state index < -0.39 is 0 Å². The second kappa shape index (κ2) is 5.77. The number of carbonyl (C=O) groups is 1. The van der Waals surface area contributed by atoms with Gasteiger partial charge in [0.1, 0.15) is 0 Å². The lowest BCUT2D eigenvalue weighted by molar-refractivity contribution is -0.123. The maximum Gasteiger partial charge on any atom is 0.237 e. The molecular weight excluding hydrogens is 268 g/mol. The first-order valence-electron chi connectivity index (χ1n) is 6.88. The predicted octanol–water partition coefficient (Wildman–Crippen LogP) is 2.64. The van der Waals surface area contributed by atoms with Gasteiger partial charge in [0.25, 0.3) is 0 Å². The normalized spacial score (nSPS) is 19.1. The minimum Gasteiger partial charge on any atom is -0.347 e. The van der Waals surface area contributed by atoms with Crippen molar-refractivity contribution in [1.82, 2.24) is 10.6 Å². The van der Waals surface area contributed by atoms with Gasteiger partial charge in [0.2, 0.25) is 5.91 Å². The predicted molar refractivity (Wildman–Crippen MR) is 81.7 cm³/mol. The third-order valence-corrected chi connectivity index (χ3v) is 4.78. The zero-order valence-electron chi connectivity index (χ0n) is 11.4. The summed E-state index contributed by atoms with van der Waals surface area (Å²) in [4.78, 5) is 13.5. The molecule has 104 valence electrons. The number of carbonyl (C=O) groups excluding carboxylic acids is 1. The van der Waals surface area contributed by atoms with Crippen molar-refractivity contribution in [2.45, 2.75) is 32.0 Å². The fraction of sp³-hybridized carbons (Fsp3) is 0.312. The van der Waals surface area contributed by atoms with Crippen LogP contribution in [0, 0.1) is 0 Å². The van der Waals surface area contributed by atoms with Crippen molar-refractivity contribution in [3.63, 3.8) is 0 Å². The SMILES string of the molecule is C[C@H](NC(=O)C1Cc2ccccc2CN1)c1cccs1. The van der Waals surface area contributed by atoms with Crippen molar-refractivity contribution in [3.05, 3.63) is 57.8 Å². The topological polar surface area (TPSA) is 41.1 Å². The molecule has 1 aliphatic heterocycles. The number of benzene rings is 1. The molecule has 0 spiro atoms. The van der Waals surface area contributed by atoms with Gasteiger partial charge in [-0.3, -0.25) is 4.79 Å². The molecule has 0 saturated heterocycles. The third-order valence-electron chi connectivity index (χ3n) is 3.73. The van der Waals surface area contributed by atoms with Gasteiger partial charge in [0.15, 0.2) is 0 Å². The van der Waals surface area contributed by atoms with Crippen LogP contribution in [0.1, 0.15) is 29.0 Å². The van der Waals surface area contributed by atoms with Crippen LogP contribution in [0.3, 0.4) is 0 Å². The summed E-state index contributed by atoms with van der Waals surface area (Å²) in [6.07, 6.45) is 0.763. The molecule has 2 heterocycles. The standard InChI is InChI=1S/C16H18N2OS/c1-11(15-7-4-8-20-15)18-16(19)14-9-12-5-2-3-6-13(12)10-17-14/h2-8,11,14,17H,9-10H2,1H3,(H,18,19)/t11-,14?/m0/s1. The van der Waals surface area contributed by atoms with Crippen molar-refractivity contribution >= 4 is 17.2 Å². The highest BCUT2D eigenvalue weighted by molar-refractivity contribution is 7.10. The van der Waals surface area contributed by atoms with Crippen LogP contribution < -0.4 is 10.6 Å². The molecule has 1 unspecified atom stereocenters. The lowest BCUT2D eigenvalue weighted by atomic mass is 9.95. The summed E-state index contributed by atoms with van der Waals surface area (Å²) in [5, 5.41) is 8.44. The lowest BCUT2D eigenvalue weighted by Gasteiger charge is -2.26. The Hall–Kier alpha value is -1.65. The van der Waals surface area contributed by atoms with Crippen molar-refractivity contribution in [2.24, 2.45) is 0 Å². The maximum atomic E-state index is 12.3. The van der Waals surface area contributed by atoms with E-state index in [2.05, 4.69) is 28.8 Å². The van der Waals surface area contributed by atoms with Gasteiger partial charge in [-0.15, -0.1) is 11.3 Å². The highest BCUT2D eigenvalue weighted by Crippen LogP contribution is 2.20. The van der Waals surface area contributed by atoms with Gasteiger partial charge in [-0.1, -0.05) is 30.3 Å². The monoisotopic (exact) mass is 286 g/mol. The molecular formula is C16H18N2OS. The fourth-order valence-electron chi connectivity index (χ4n) is 2.56. The van der Waals surface area contributed by atoms with E-state index in [1.54, 1.807) is 11.3 Å². The van der Waals surface area contributed by atoms with Gasteiger partial charge >= 0.3 is 0 Å². The number of hydrogen-bond acceptors (Lipinski definition) is 3. The summed E-state index contributed by atoms with van der Waals surface area (Å²) in [5.41, 5.74) is 2.57. The minimum atomic E-state index is -0.132. The first-order chi connectivity index (χ1) is 9.74. The van der Waals surface area contributed by atoms with Crippen molar-refractivity contribution in [2.75, 3.05) is 0 Å². The molecule has 0 saturated carbocycles. The van der Waals surface area contributed by atoms with Crippen LogP contribution >= 0.6 is 11.3 Å². The Morgan fingerprint density at radius 1 is 1.30 bits per heavy atom. The maximum absolute atomic E-state index is 12.3. The number of amides is 1. The van der Waals surface area contributed by atoms with Crippen molar-refractivity contribution in [3.8, 4) is 0 Å². The van der Waals surface area contributed by atoms with Gasteiger partial charge in [0.05, 0.1) is 12.1 Å². The van der Waals surface area contributed by atoms with E-state index >= 15 is 0 Å². The molecule has 20 heavy (non-hydrogen) atoms. The van der Waals surface area contributed by atoms with Crippen LogP contribution in [0.4, 0.5) is 0 Å². The van der Waals surface area contributed by atoms with Crippen LogP contribution in [0.2, 0.25) is 0 Å². The number of hydrogen-bond donors (Lipinski definition) is 2. The summed E-state index contributed by atoms with van der Waals surface area (Å²) in [5.74, 6) is 0.0837. The van der Waals surface area contributed by atoms with E-state index in [1.165, 1.54) is 16.0 Å². The van der Waals surface area contributed by atoms with Crippen LogP contribution in [0.25, 0.3) is 0 Å². The van der Waals surface area contributed by atoms with Crippen LogP contribution in [-0.2, 0) is 17.8 Å². The Balaban J connectivity index is 1.64. The molecule has 0 radical (unpaired) electrons. The van der Waals surface area contributed by atoms with E-state index in [0.29, 0.717) is 0 Å². The van der Waals surface area contributed by atoms with Gasteiger partial charge in [-0.2, -0.15) is 0 Å². The largest absolute Gasteiger partial charge is 0.347 e. The number of rotatable bonds is 3. The first kappa shape index (κ1) is 13.3. The van der Waals surface area contributed by atoms with Crippen molar-refractivity contribution in [1.29, 1.82) is 0 Å². The quantitative estimate of drug-likeness (QED) is 0.910. The molecule has 1 aromatic carbocycles. The smallest absolute Gasteiger partial charge is 0.237 e. The average Bonchev–Trinajstić information content (AvgIpc) is 3.01. The molecule has 2 N–H and O–H groups in total. The second-order valence-electron chi connectivity index (χ2n) is 5.15. The highest BCUT2D eigenvalue weighted by Gasteiger charge is 2.25. The number of thiophene rings is 1. The Labute approximate surface area is 123 Å². The molecule has 3 nitrogen and oxygen atoms in total. The van der Waals surface area contributed by atoms with Crippen LogP contribution in [0.5, 0.6) is 0 Å². The average molecular weight is 286 g/mol. The molecule has 2 atom stereocenters. The van der Waals surface area contributed by atoms with E-state index in [4.69, 9.17) is 0 Å². The van der Waals surface area contributed by atoms with E-state index in [9.17, 15) is 4.79 Å². The van der Waals surface area contributed by atoms with Crippen LogP contribution in [-0.4, -0.2) is 11.9 Å². The minimum absolute atomic E-state index is 0.0708. The molecule has 1 aliphatic rings. The molecule has 0 aliphatic carbocycles. The Bertz CT molecular complexity index is 594. The highest BCUT2D eigenvalue weighted by atomic mass is 32.1. The van der Waals surface area contributed by atoms with Crippen molar-refractivity contribution < 1.29 is 4.79 Å². The fourth-order valence-corrected chi connectivity index (χ4v) is 3.30. The molecule has 0 bridgehead atoms. The molecule has 0 fully saturated rings. The van der Waals surface area contributed by atoms with Gasteiger partial charge in [-0.25, -0.2) is 0 Å².